The van der Waals surface area contributed by atoms with Gasteiger partial charge in [0.1, 0.15) is 0 Å². The maximum atomic E-state index is 12.1. The fourth-order valence-electron chi connectivity index (χ4n) is 4.32. The molecule has 0 unspecified atom stereocenters. The van der Waals surface area contributed by atoms with Gasteiger partial charge in [-0.25, -0.2) is 0 Å². The third kappa shape index (κ3) is 3.80. The summed E-state index contributed by atoms with van der Waals surface area (Å²) < 4.78 is 10.5. The number of rotatable bonds is 7. The van der Waals surface area contributed by atoms with E-state index < -0.39 is 0 Å². The number of ether oxygens (including phenoxy) is 2. The number of amides is 1. The summed E-state index contributed by atoms with van der Waals surface area (Å²) in [5, 5.41) is 3.07. The Morgan fingerprint density at radius 1 is 1.17 bits per heavy atom. The molecule has 3 rings (SSSR count). The molecule has 0 heterocycles. The van der Waals surface area contributed by atoms with Crippen molar-refractivity contribution < 1.29 is 14.3 Å². The summed E-state index contributed by atoms with van der Waals surface area (Å²) in [6.07, 6.45) is 6.89. The lowest BCUT2D eigenvalue weighted by atomic mass is 9.86. The highest BCUT2D eigenvalue weighted by molar-refractivity contribution is 5.76. The third-order valence-corrected chi connectivity index (χ3v) is 5.52. The van der Waals surface area contributed by atoms with E-state index in [0.29, 0.717) is 18.9 Å². The molecule has 0 radical (unpaired) electrons. The molecule has 2 aliphatic carbocycles. The van der Waals surface area contributed by atoms with Crippen LogP contribution in [0.3, 0.4) is 0 Å². The second kappa shape index (κ2) is 7.24. The lowest BCUT2D eigenvalue weighted by molar-refractivity contribution is -0.122. The van der Waals surface area contributed by atoms with Gasteiger partial charge in [-0.2, -0.15) is 0 Å². The molecule has 0 spiro atoms. The molecule has 126 valence electrons. The largest absolute Gasteiger partial charge is 0.493 e. The molecule has 4 heteroatoms. The van der Waals surface area contributed by atoms with Crippen molar-refractivity contribution in [3.63, 3.8) is 0 Å². The SMILES string of the molecule is COc1ccc(CCNC(=O)C[C@H]2C[C@H]3CC[C@@H]2C3)cc1OC. The van der Waals surface area contributed by atoms with E-state index in [2.05, 4.69) is 5.32 Å². The lowest BCUT2D eigenvalue weighted by Crippen LogP contribution is -2.29. The van der Waals surface area contributed by atoms with Crippen LogP contribution in [0.25, 0.3) is 0 Å². The molecule has 3 atom stereocenters. The molecule has 1 amide bonds. The van der Waals surface area contributed by atoms with Crippen LogP contribution >= 0.6 is 0 Å². The van der Waals surface area contributed by atoms with Crippen molar-refractivity contribution in [1.82, 2.24) is 5.32 Å². The van der Waals surface area contributed by atoms with Gasteiger partial charge in [-0.1, -0.05) is 12.5 Å². The van der Waals surface area contributed by atoms with Gasteiger partial charge in [0.15, 0.2) is 11.5 Å². The number of methoxy groups -OCH3 is 2. The smallest absolute Gasteiger partial charge is 0.220 e. The molecule has 23 heavy (non-hydrogen) atoms. The number of carbonyl (C=O) groups excluding carboxylic acids is 1. The fraction of sp³-hybridized carbons (Fsp3) is 0.632. The number of nitrogens with one attached hydrogen (secondary N) is 1. The molecule has 0 aliphatic heterocycles. The van der Waals surface area contributed by atoms with Crippen LogP contribution in [-0.4, -0.2) is 26.7 Å². The highest BCUT2D eigenvalue weighted by Gasteiger charge is 2.39. The van der Waals surface area contributed by atoms with Crippen LogP contribution in [0.4, 0.5) is 0 Å². The molecule has 2 aliphatic rings. The first-order valence-electron chi connectivity index (χ1n) is 8.67. The Hall–Kier alpha value is -1.71. The van der Waals surface area contributed by atoms with Crippen LogP contribution in [0.2, 0.25) is 0 Å². The number of hydrogen-bond donors (Lipinski definition) is 1. The van der Waals surface area contributed by atoms with Crippen molar-refractivity contribution in [2.75, 3.05) is 20.8 Å². The topological polar surface area (TPSA) is 47.6 Å². The van der Waals surface area contributed by atoms with Crippen molar-refractivity contribution in [2.24, 2.45) is 17.8 Å². The van der Waals surface area contributed by atoms with Crippen molar-refractivity contribution in [3.05, 3.63) is 23.8 Å². The van der Waals surface area contributed by atoms with Gasteiger partial charge in [0.25, 0.3) is 0 Å². The Kier molecular flexibility index (Phi) is 5.09. The highest BCUT2D eigenvalue weighted by atomic mass is 16.5. The van der Waals surface area contributed by atoms with E-state index in [9.17, 15) is 4.79 Å². The van der Waals surface area contributed by atoms with Crippen LogP contribution in [0.15, 0.2) is 18.2 Å². The minimum Gasteiger partial charge on any atom is -0.493 e. The minimum atomic E-state index is 0.211. The first-order chi connectivity index (χ1) is 11.2. The predicted octanol–water partition coefficient (Wildman–Crippen LogP) is 3.19. The van der Waals surface area contributed by atoms with Crippen LogP contribution in [0.1, 0.15) is 37.7 Å². The van der Waals surface area contributed by atoms with Crippen LogP contribution in [0, 0.1) is 17.8 Å². The zero-order chi connectivity index (χ0) is 16.2. The summed E-state index contributed by atoms with van der Waals surface area (Å²) >= 11 is 0. The van der Waals surface area contributed by atoms with E-state index in [4.69, 9.17) is 9.47 Å². The van der Waals surface area contributed by atoms with Crippen molar-refractivity contribution in [2.45, 2.75) is 38.5 Å². The molecule has 0 saturated heterocycles. The van der Waals surface area contributed by atoms with E-state index in [1.165, 1.54) is 25.7 Å². The molecule has 2 saturated carbocycles. The average Bonchev–Trinajstić information content (AvgIpc) is 3.17. The highest BCUT2D eigenvalue weighted by Crippen LogP contribution is 2.49. The van der Waals surface area contributed by atoms with E-state index in [1.54, 1.807) is 14.2 Å². The molecule has 1 aromatic carbocycles. The maximum absolute atomic E-state index is 12.1. The van der Waals surface area contributed by atoms with Gasteiger partial charge >= 0.3 is 0 Å². The molecule has 1 aromatic rings. The second-order valence-electron chi connectivity index (χ2n) is 6.93. The van der Waals surface area contributed by atoms with Gasteiger partial charge in [0.2, 0.25) is 5.91 Å². The number of hydrogen-bond acceptors (Lipinski definition) is 3. The monoisotopic (exact) mass is 317 g/mol. The van der Waals surface area contributed by atoms with Gasteiger partial charge in [0, 0.05) is 13.0 Å². The van der Waals surface area contributed by atoms with Crippen molar-refractivity contribution in [1.29, 1.82) is 0 Å². The van der Waals surface area contributed by atoms with Gasteiger partial charge in [-0.15, -0.1) is 0 Å². The molecule has 1 N–H and O–H groups in total. The van der Waals surface area contributed by atoms with Gasteiger partial charge < -0.3 is 14.8 Å². The zero-order valence-electron chi connectivity index (χ0n) is 14.1. The average molecular weight is 317 g/mol. The third-order valence-electron chi connectivity index (χ3n) is 5.52. The summed E-state index contributed by atoms with van der Waals surface area (Å²) in [6, 6.07) is 5.90. The molecule has 4 nitrogen and oxygen atoms in total. The molecular formula is C19H27NO3. The Morgan fingerprint density at radius 2 is 2.00 bits per heavy atom. The van der Waals surface area contributed by atoms with Gasteiger partial charge in [0.05, 0.1) is 14.2 Å². The standard InChI is InChI=1S/C19H27NO3/c1-22-17-6-4-13(11-18(17)23-2)7-8-20-19(21)12-16-10-14-3-5-15(16)9-14/h4,6,11,14-16H,3,5,7-10,12H2,1-2H3,(H,20,21)/t14-,15+,16+/m0/s1. The second-order valence-corrected chi connectivity index (χ2v) is 6.93. The van der Waals surface area contributed by atoms with Gasteiger partial charge in [-0.05, 0) is 61.1 Å². The minimum absolute atomic E-state index is 0.211. The summed E-state index contributed by atoms with van der Waals surface area (Å²) in [7, 11) is 3.27. The Balaban J connectivity index is 1.43. The normalized spacial score (nSPS) is 25.4. The maximum Gasteiger partial charge on any atom is 0.220 e. The molecule has 0 aromatic heterocycles. The summed E-state index contributed by atoms with van der Waals surface area (Å²) in [4.78, 5) is 12.1. The van der Waals surface area contributed by atoms with Gasteiger partial charge in [-0.3, -0.25) is 4.79 Å². The summed E-state index contributed by atoms with van der Waals surface area (Å²) in [5.41, 5.74) is 1.14. The Labute approximate surface area is 138 Å². The van der Waals surface area contributed by atoms with Crippen molar-refractivity contribution in [3.8, 4) is 11.5 Å². The summed E-state index contributed by atoms with van der Waals surface area (Å²) in [6.45, 7) is 0.676. The Morgan fingerprint density at radius 3 is 2.65 bits per heavy atom. The molecule has 2 fully saturated rings. The van der Waals surface area contributed by atoms with E-state index in [0.717, 1.165) is 35.3 Å². The lowest BCUT2D eigenvalue weighted by Gasteiger charge is -2.20. The summed E-state index contributed by atoms with van der Waals surface area (Å²) in [5.74, 6) is 4.04. The molecule has 2 bridgehead atoms. The predicted molar refractivity (Wildman–Crippen MR) is 89.8 cm³/mol. The van der Waals surface area contributed by atoms with Crippen LogP contribution in [-0.2, 0) is 11.2 Å². The van der Waals surface area contributed by atoms with Crippen LogP contribution in [0.5, 0.6) is 11.5 Å². The zero-order valence-corrected chi connectivity index (χ0v) is 14.1. The first-order valence-corrected chi connectivity index (χ1v) is 8.67. The number of carbonyl (C=O) groups is 1. The number of fused-ring (bicyclic) bond motifs is 2. The number of benzene rings is 1. The first kappa shape index (κ1) is 16.2. The van der Waals surface area contributed by atoms with E-state index in [1.807, 2.05) is 18.2 Å². The van der Waals surface area contributed by atoms with Crippen molar-refractivity contribution >= 4 is 5.91 Å². The Bertz CT molecular complexity index is 558. The quantitative estimate of drug-likeness (QED) is 0.840. The van der Waals surface area contributed by atoms with Crippen LogP contribution < -0.4 is 14.8 Å². The van der Waals surface area contributed by atoms with E-state index >= 15 is 0 Å². The molecular weight excluding hydrogens is 290 g/mol. The fourth-order valence-corrected chi connectivity index (χ4v) is 4.32. The van der Waals surface area contributed by atoms with E-state index in [-0.39, 0.29) is 5.91 Å².